The molecule has 1 nitrogen and oxygen atoms in total. The lowest BCUT2D eigenvalue weighted by Gasteiger charge is -2.57. The molecule has 1 saturated carbocycles. The topological polar surface area (TPSA) is 12.9 Å². The Balaban J connectivity index is 1.78. The molecule has 0 amide bonds. The SMILES string of the molecule is CC1(C)[C@H]2Cc3cc(-c4ccc(F)cc4F)ncc3[C@@H]1C2. The zero-order valence-electron chi connectivity index (χ0n) is 12.2. The Morgan fingerprint density at radius 2 is 2.00 bits per heavy atom. The van der Waals surface area contributed by atoms with Crippen LogP contribution in [0, 0.1) is 23.0 Å². The van der Waals surface area contributed by atoms with Crippen LogP contribution in [0.2, 0.25) is 0 Å². The number of hydrogen-bond acceptors (Lipinski definition) is 1. The first kappa shape index (κ1) is 12.9. The maximum Gasteiger partial charge on any atom is 0.135 e. The maximum absolute atomic E-state index is 13.9. The number of nitrogens with zero attached hydrogens (tertiary/aromatic N) is 1. The van der Waals surface area contributed by atoms with E-state index in [1.165, 1.54) is 29.7 Å². The highest BCUT2D eigenvalue weighted by Crippen LogP contribution is 2.62. The summed E-state index contributed by atoms with van der Waals surface area (Å²) in [6.07, 6.45) is 4.18. The lowest BCUT2D eigenvalue weighted by molar-refractivity contribution is 0.0183. The molecule has 0 saturated heterocycles. The lowest BCUT2D eigenvalue weighted by Crippen LogP contribution is -2.48. The summed E-state index contributed by atoms with van der Waals surface area (Å²) < 4.78 is 26.9. The van der Waals surface area contributed by atoms with Crippen LogP contribution in [0.4, 0.5) is 8.78 Å². The largest absolute Gasteiger partial charge is 0.256 e. The molecule has 0 aliphatic heterocycles. The molecule has 0 unspecified atom stereocenters. The number of rotatable bonds is 1. The van der Waals surface area contributed by atoms with Crippen LogP contribution in [-0.4, -0.2) is 4.98 Å². The van der Waals surface area contributed by atoms with Gasteiger partial charge in [-0.25, -0.2) is 8.78 Å². The molecule has 5 rings (SSSR count). The van der Waals surface area contributed by atoms with Gasteiger partial charge in [0.2, 0.25) is 0 Å². The van der Waals surface area contributed by atoms with Crippen molar-refractivity contribution in [1.82, 2.24) is 4.98 Å². The van der Waals surface area contributed by atoms with E-state index in [2.05, 4.69) is 18.8 Å². The summed E-state index contributed by atoms with van der Waals surface area (Å²) in [7, 11) is 0. The first-order valence-electron chi connectivity index (χ1n) is 7.41. The summed E-state index contributed by atoms with van der Waals surface area (Å²) in [6.45, 7) is 4.64. The van der Waals surface area contributed by atoms with Gasteiger partial charge in [-0.05, 0) is 59.4 Å². The molecular weight excluding hydrogens is 268 g/mol. The zero-order valence-corrected chi connectivity index (χ0v) is 12.2. The van der Waals surface area contributed by atoms with Crippen molar-refractivity contribution < 1.29 is 8.78 Å². The van der Waals surface area contributed by atoms with E-state index in [1.54, 1.807) is 0 Å². The standard InChI is InChI=1S/C18H17F2N/c1-18(2)11-5-10-6-17(21-9-14(10)15(18)7-11)13-4-3-12(19)8-16(13)20/h3-4,6,8-9,11,15H,5,7H2,1-2H3/t11-,15-/m0/s1. The van der Waals surface area contributed by atoms with Crippen LogP contribution in [-0.2, 0) is 6.42 Å². The van der Waals surface area contributed by atoms with Gasteiger partial charge in [-0.1, -0.05) is 13.8 Å². The van der Waals surface area contributed by atoms with Crippen LogP contribution in [0.1, 0.15) is 37.3 Å². The molecular formula is C18H17F2N. The first-order valence-corrected chi connectivity index (χ1v) is 7.41. The van der Waals surface area contributed by atoms with E-state index in [1.807, 2.05) is 12.3 Å². The van der Waals surface area contributed by atoms with Crippen molar-refractivity contribution in [3.8, 4) is 11.3 Å². The fourth-order valence-electron chi connectivity index (χ4n) is 4.00. The second kappa shape index (κ2) is 4.12. The number of halogens is 2. The Labute approximate surface area is 123 Å². The van der Waals surface area contributed by atoms with Crippen molar-refractivity contribution in [2.45, 2.75) is 32.6 Å². The van der Waals surface area contributed by atoms with Crippen LogP contribution in [0.25, 0.3) is 11.3 Å². The Morgan fingerprint density at radius 3 is 2.71 bits per heavy atom. The predicted molar refractivity (Wildman–Crippen MR) is 77.9 cm³/mol. The van der Waals surface area contributed by atoms with Gasteiger partial charge in [0.1, 0.15) is 11.6 Å². The summed E-state index contributed by atoms with van der Waals surface area (Å²) in [5.74, 6) is 0.176. The number of pyridine rings is 1. The Kier molecular flexibility index (Phi) is 2.54. The summed E-state index contributed by atoms with van der Waals surface area (Å²) in [6, 6.07) is 5.64. The fourth-order valence-corrected chi connectivity index (χ4v) is 4.00. The number of aromatic nitrogens is 1. The summed E-state index contributed by atoms with van der Waals surface area (Å²) in [5, 5.41) is 0. The molecule has 0 spiro atoms. The van der Waals surface area contributed by atoms with Gasteiger partial charge in [-0.15, -0.1) is 0 Å². The van der Waals surface area contributed by atoms with E-state index in [-0.39, 0.29) is 0 Å². The highest BCUT2D eigenvalue weighted by molar-refractivity contribution is 5.62. The first-order chi connectivity index (χ1) is 9.96. The molecule has 3 heteroatoms. The van der Waals surface area contributed by atoms with Crippen molar-refractivity contribution in [3.63, 3.8) is 0 Å². The summed E-state index contributed by atoms with van der Waals surface area (Å²) in [4.78, 5) is 4.43. The molecule has 1 heterocycles. The molecule has 1 fully saturated rings. The molecule has 1 aromatic heterocycles. The van der Waals surface area contributed by atoms with Gasteiger partial charge >= 0.3 is 0 Å². The van der Waals surface area contributed by atoms with Gasteiger partial charge in [-0.2, -0.15) is 0 Å². The Hall–Kier alpha value is -1.77. The van der Waals surface area contributed by atoms with Crippen LogP contribution < -0.4 is 0 Å². The number of benzene rings is 1. The van der Waals surface area contributed by atoms with Crippen LogP contribution in [0.3, 0.4) is 0 Å². The smallest absolute Gasteiger partial charge is 0.135 e. The van der Waals surface area contributed by atoms with Crippen LogP contribution in [0.15, 0.2) is 30.5 Å². The van der Waals surface area contributed by atoms with Crippen molar-refractivity contribution in [3.05, 3.63) is 53.2 Å². The molecule has 2 atom stereocenters. The minimum absolute atomic E-state index is 0.358. The van der Waals surface area contributed by atoms with Gasteiger partial charge in [-0.3, -0.25) is 4.98 Å². The monoisotopic (exact) mass is 285 g/mol. The van der Waals surface area contributed by atoms with Crippen molar-refractivity contribution in [2.24, 2.45) is 11.3 Å². The normalized spacial score (nSPS) is 25.1. The fraction of sp³-hybridized carbons (Fsp3) is 0.389. The zero-order chi connectivity index (χ0) is 14.8. The predicted octanol–water partition coefficient (Wildman–Crippen LogP) is 4.71. The van der Waals surface area contributed by atoms with Crippen molar-refractivity contribution in [1.29, 1.82) is 0 Å². The van der Waals surface area contributed by atoms with Gasteiger partial charge in [0, 0.05) is 17.8 Å². The third kappa shape index (κ3) is 1.76. The Morgan fingerprint density at radius 1 is 1.19 bits per heavy atom. The molecule has 108 valence electrons. The average molecular weight is 285 g/mol. The third-order valence-electron chi connectivity index (χ3n) is 5.54. The minimum atomic E-state index is -0.558. The second-order valence-corrected chi connectivity index (χ2v) is 6.90. The number of hydrogen-bond donors (Lipinski definition) is 0. The second-order valence-electron chi connectivity index (χ2n) is 6.90. The molecule has 1 aromatic carbocycles. The van der Waals surface area contributed by atoms with Crippen LogP contribution in [0.5, 0.6) is 0 Å². The average Bonchev–Trinajstić information content (AvgIpc) is 2.45. The van der Waals surface area contributed by atoms with Gasteiger partial charge in [0.25, 0.3) is 0 Å². The van der Waals surface area contributed by atoms with E-state index in [0.29, 0.717) is 28.5 Å². The van der Waals surface area contributed by atoms with E-state index >= 15 is 0 Å². The minimum Gasteiger partial charge on any atom is -0.256 e. The molecule has 3 aliphatic carbocycles. The van der Waals surface area contributed by atoms with Crippen molar-refractivity contribution >= 4 is 0 Å². The maximum atomic E-state index is 13.9. The quantitative estimate of drug-likeness (QED) is 0.739. The molecule has 0 N–H and O–H groups in total. The van der Waals surface area contributed by atoms with Gasteiger partial charge in [0.05, 0.1) is 5.69 Å². The molecule has 3 aliphatic rings. The van der Waals surface area contributed by atoms with E-state index in [0.717, 1.165) is 12.5 Å². The molecule has 2 aromatic rings. The van der Waals surface area contributed by atoms with E-state index in [4.69, 9.17) is 0 Å². The highest BCUT2D eigenvalue weighted by atomic mass is 19.1. The molecule has 0 radical (unpaired) electrons. The van der Waals surface area contributed by atoms with Gasteiger partial charge in [0.15, 0.2) is 0 Å². The highest BCUT2D eigenvalue weighted by Gasteiger charge is 2.52. The van der Waals surface area contributed by atoms with E-state index in [9.17, 15) is 8.78 Å². The lowest BCUT2D eigenvalue weighted by atomic mass is 9.47. The summed E-state index contributed by atoms with van der Waals surface area (Å²) in [5.41, 5.74) is 3.93. The molecule has 21 heavy (non-hydrogen) atoms. The van der Waals surface area contributed by atoms with Gasteiger partial charge < -0.3 is 0 Å². The van der Waals surface area contributed by atoms with Crippen LogP contribution >= 0.6 is 0 Å². The molecule has 2 bridgehead atoms. The summed E-state index contributed by atoms with van der Waals surface area (Å²) >= 11 is 0. The van der Waals surface area contributed by atoms with Crippen molar-refractivity contribution in [2.75, 3.05) is 0 Å². The van der Waals surface area contributed by atoms with E-state index < -0.39 is 11.6 Å². The third-order valence-corrected chi connectivity index (χ3v) is 5.54. The Bertz CT molecular complexity index is 736.